The van der Waals surface area contributed by atoms with E-state index in [-0.39, 0.29) is 19.4 Å². The summed E-state index contributed by atoms with van der Waals surface area (Å²) in [5.41, 5.74) is 4.64. The van der Waals surface area contributed by atoms with Gasteiger partial charge in [0.1, 0.15) is 52.6 Å². The number of nitrogens with one attached hydrogen (secondary N) is 7. The van der Waals surface area contributed by atoms with E-state index in [0.29, 0.717) is 12.4 Å². The Morgan fingerprint density at radius 2 is 1.10 bits per heavy atom. The van der Waals surface area contributed by atoms with Crippen molar-refractivity contribution >= 4 is 80.9 Å². The Labute approximate surface area is 485 Å². The molecule has 3 aromatic carbocycles. The minimum atomic E-state index is -1.50. The molecule has 0 radical (unpaired) electrons. The summed E-state index contributed by atoms with van der Waals surface area (Å²) in [5.74, 6) is -5.43. The normalized spacial score (nSPS) is 14.7. The molecule has 1 aliphatic rings. The summed E-state index contributed by atoms with van der Waals surface area (Å²) < 4.78 is 16.3. The Hall–Kier alpha value is -8.08. The zero-order valence-corrected chi connectivity index (χ0v) is 50.5. The maximum absolute atomic E-state index is 14.2. The standard InChI is InChI=1S/C60H84N12O11/c1-35(2)51(69-55(78)43(23-24-48(74)81-58(4,5)6)67-56(79)47(62-36(3)73)34-50(76)83-60(10,11)12)57(80)68-46(33-49(75)82-59(7,8)9)54(77)61-25-26-71(14)39-18-15-37(16-19-39)52-63-41-21-17-38(31-44(41)65-52)53-64-42-22-20-40(32-45(42)66-53)72-29-27-70(13)28-30-72/h15-22,31-32,35,43,46-47,51H,23-30,33-34H2,1-14H3,(H,61,77)(H,62,73)(H,63,65)(H,64,66)(H,67,79)(H,68,80)(H,69,78)/t43-,46-,47-,51-/m0/s1. The summed E-state index contributed by atoms with van der Waals surface area (Å²) in [6, 6.07) is 14.4. The molecule has 0 saturated carbocycles. The highest BCUT2D eigenvalue weighted by atomic mass is 16.6. The van der Waals surface area contributed by atoms with Crippen LogP contribution in [0.2, 0.25) is 0 Å². The van der Waals surface area contributed by atoms with Crippen molar-refractivity contribution in [3.05, 3.63) is 60.7 Å². The number of fused-ring (bicyclic) bond motifs is 2. The quantitative estimate of drug-likeness (QED) is 0.0324. The largest absolute Gasteiger partial charge is 0.460 e. The molecule has 4 atom stereocenters. The number of anilines is 2. The first kappa shape index (κ1) is 64.1. The van der Waals surface area contributed by atoms with E-state index in [1.54, 1.807) is 76.2 Å². The number of carbonyl (C=O) groups is 8. The van der Waals surface area contributed by atoms with Gasteiger partial charge in [0.15, 0.2) is 0 Å². The number of aromatic nitrogens is 4. The summed E-state index contributed by atoms with van der Waals surface area (Å²) >= 11 is 0. The Morgan fingerprint density at radius 1 is 0.602 bits per heavy atom. The van der Waals surface area contributed by atoms with E-state index in [0.717, 1.165) is 77.8 Å². The van der Waals surface area contributed by atoms with Crippen LogP contribution in [-0.2, 0) is 52.6 Å². The number of esters is 3. The number of likely N-dealkylation sites (N-methyl/N-ethyl adjacent to an activating group) is 2. The van der Waals surface area contributed by atoms with Crippen LogP contribution in [0.5, 0.6) is 0 Å². The number of carbonyl (C=O) groups excluding carboxylic acids is 8. The van der Waals surface area contributed by atoms with Gasteiger partial charge in [-0.1, -0.05) is 13.8 Å². The van der Waals surface area contributed by atoms with Crippen LogP contribution in [-0.4, -0.2) is 167 Å². The molecule has 1 aliphatic heterocycles. The number of ether oxygens (including phenoxy) is 3. The van der Waals surface area contributed by atoms with E-state index >= 15 is 0 Å². The van der Waals surface area contributed by atoms with Gasteiger partial charge in [-0.25, -0.2) is 9.97 Å². The Bertz CT molecular complexity index is 3120. The van der Waals surface area contributed by atoms with Crippen molar-refractivity contribution in [2.75, 3.05) is 63.2 Å². The van der Waals surface area contributed by atoms with E-state index in [1.165, 1.54) is 5.69 Å². The highest BCUT2D eigenvalue weighted by Crippen LogP contribution is 2.29. The van der Waals surface area contributed by atoms with E-state index in [1.807, 2.05) is 54.4 Å². The van der Waals surface area contributed by atoms with Gasteiger partial charge in [-0.15, -0.1) is 0 Å². The van der Waals surface area contributed by atoms with Gasteiger partial charge in [0, 0.05) is 82.2 Å². The van der Waals surface area contributed by atoms with Crippen LogP contribution in [0.25, 0.3) is 44.8 Å². The molecule has 83 heavy (non-hydrogen) atoms. The van der Waals surface area contributed by atoms with Crippen molar-refractivity contribution in [2.45, 2.75) is 150 Å². The minimum absolute atomic E-state index is 0.100. The van der Waals surface area contributed by atoms with Gasteiger partial charge in [-0.05, 0) is 142 Å². The van der Waals surface area contributed by atoms with Gasteiger partial charge in [-0.3, -0.25) is 38.4 Å². The molecular formula is C60H84N12O11. The van der Waals surface area contributed by atoms with Gasteiger partial charge in [-0.2, -0.15) is 0 Å². The Kier molecular flexibility index (Phi) is 21.1. The van der Waals surface area contributed by atoms with Gasteiger partial charge in [0.05, 0.1) is 34.9 Å². The highest BCUT2D eigenvalue weighted by Gasteiger charge is 2.36. The summed E-state index contributed by atoms with van der Waals surface area (Å²) in [5, 5.41) is 13.0. The lowest BCUT2D eigenvalue weighted by Gasteiger charge is -2.34. The average Bonchev–Trinajstić information content (AvgIpc) is 4.01. The van der Waals surface area contributed by atoms with Gasteiger partial charge >= 0.3 is 17.9 Å². The van der Waals surface area contributed by atoms with Gasteiger partial charge in [0.25, 0.3) is 0 Å². The van der Waals surface area contributed by atoms with E-state index in [2.05, 4.69) is 71.6 Å². The average molecular weight is 1150 g/mol. The summed E-state index contributed by atoms with van der Waals surface area (Å²) in [7, 11) is 4.00. The van der Waals surface area contributed by atoms with Crippen LogP contribution in [0, 0.1) is 5.92 Å². The fourth-order valence-electron chi connectivity index (χ4n) is 9.17. The van der Waals surface area contributed by atoms with Crippen molar-refractivity contribution in [3.63, 3.8) is 0 Å². The van der Waals surface area contributed by atoms with E-state index in [4.69, 9.17) is 24.2 Å². The number of nitrogens with zero attached hydrogens (tertiary/aromatic N) is 5. The van der Waals surface area contributed by atoms with Crippen LogP contribution >= 0.6 is 0 Å². The number of aromatic amines is 2. The zero-order valence-electron chi connectivity index (χ0n) is 50.5. The van der Waals surface area contributed by atoms with Gasteiger partial charge in [0.2, 0.25) is 29.5 Å². The minimum Gasteiger partial charge on any atom is -0.460 e. The first-order valence-corrected chi connectivity index (χ1v) is 28.2. The monoisotopic (exact) mass is 1150 g/mol. The number of H-pyrrole nitrogens is 2. The SMILES string of the molecule is CC(=O)N[C@@H](CC(=O)OC(C)(C)C)C(=O)N[C@@H](CCC(=O)OC(C)(C)C)C(=O)N[C@H](C(=O)N[C@@H](CC(=O)OC(C)(C)C)C(=O)NCCN(C)c1ccc(-c2nc3ccc(-c4nc5ccc(N6CCN(C)CC6)cc5[nH]4)cc3[nH]2)cc1)C(C)C. The molecule has 6 rings (SSSR count). The molecule has 5 aromatic rings. The van der Waals surface area contributed by atoms with Crippen molar-refractivity contribution in [3.8, 4) is 22.8 Å². The molecule has 1 saturated heterocycles. The third-order valence-corrected chi connectivity index (χ3v) is 13.3. The van der Waals surface area contributed by atoms with Crippen LogP contribution < -0.4 is 36.4 Å². The lowest BCUT2D eigenvalue weighted by atomic mass is 10.0. The van der Waals surface area contributed by atoms with Crippen molar-refractivity contribution < 1.29 is 52.6 Å². The predicted molar refractivity (Wildman–Crippen MR) is 317 cm³/mol. The molecule has 0 aliphatic carbocycles. The third-order valence-electron chi connectivity index (χ3n) is 13.3. The molecule has 5 amide bonds. The fraction of sp³-hybridized carbons (Fsp3) is 0.533. The molecule has 0 spiro atoms. The highest BCUT2D eigenvalue weighted by molar-refractivity contribution is 5.97. The van der Waals surface area contributed by atoms with E-state index in [9.17, 15) is 38.4 Å². The second-order valence-corrected chi connectivity index (χ2v) is 24.5. The first-order valence-electron chi connectivity index (χ1n) is 28.2. The van der Waals surface area contributed by atoms with E-state index < -0.39 is 107 Å². The summed E-state index contributed by atoms with van der Waals surface area (Å²) in [4.78, 5) is 131. The first-order chi connectivity index (χ1) is 38.8. The molecule has 0 unspecified atom stereocenters. The molecule has 23 heteroatoms. The molecule has 450 valence electrons. The second-order valence-electron chi connectivity index (χ2n) is 24.5. The molecule has 23 nitrogen and oxygen atoms in total. The maximum Gasteiger partial charge on any atom is 0.308 e. The molecule has 1 fully saturated rings. The second kappa shape index (κ2) is 27.3. The van der Waals surface area contributed by atoms with Crippen LogP contribution in [0.15, 0.2) is 60.7 Å². The van der Waals surface area contributed by atoms with Crippen LogP contribution in [0.3, 0.4) is 0 Å². The molecule has 7 N–H and O–H groups in total. The molecule has 0 bridgehead atoms. The molecule has 3 heterocycles. The Morgan fingerprint density at radius 3 is 1.65 bits per heavy atom. The predicted octanol–water partition coefficient (Wildman–Crippen LogP) is 5.28. The lowest BCUT2D eigenvalue weighted by molar-refractivity contribution is -0.157. The fourth-order valence-corrected chi connectivity index (χ4v) is 9.17. The smallest absolute Gasteiger partial charge is 0.308 e. The lowest BCUT2D eigenvalue weighted by Crippen LogP contribution is -2.60. The number of hydrogen-bond donors (Lipinski definition) is 7. The maximum atomic E-state index is 14.2. The molecule has 2 aromatic heterocycles. The zero-order chi connectivity index (χ0) is 61.1. The number of piperazine rings is 1. The van der Waals surface area contributed by atoms with Crippen LogP contribution in [0.4, 0.5) is 11.4 Å². The molecular weight excluding hydrogens is 1060 g/mol. The summed E-state index contributed by atoms with van der Waals surface area (Å²) in [6.07, 6.45) is -1.80. The number of amides is 5. The number of hydrogen-bond acceptors (Lipinski definition) is 16. The number of rotatable bonds is 23. The number of imidazole rings is 2. The number of benzene rings is 3. The van der Waals surface area contributed by atoms with Gasteiger partial charge < -0.3 is 65.5 Å². The Balaban J connectivity index is 1.10. The summed E-state index contributed by atoms with van der Waals surface area (Å²) in [6.45, 7) is 23.8. The van der Waals surface area contributed by atoms with Crippen molar-refractivity contribution in [1.82, 2.24) is 51.4 Å². The van der Waals surface area contributed by atoms with Crippen molar-refractivity contribution in [1.29, 1.82) is 0 Å². The van der Waals surface area contributed by atoms with Crippen molar-refractivity contribution in [2.24, 2.45) is 5.92 Å². The topological polar surface area (TPSA) is 291 Å². The van der Waals surface area contributed by atoms with Crippen LogP contribution in [0.1, 0.15) is 109 Å². The third kappa shape index (κ3) is 19.5.